The van der Waals surface area contributed by atoms with Gasteiger partial charge in [-0.2, -0.15) is 0 Å². The van der Waals surface area contributed by atoms with Crippen LogP contribution in [0.4, 0.5) is 0 Å². The molecule has 2 aliphatic heterocycles. The Hall–Kier alpha value is -0.410. The van der Waals surface area contributed by atoms with Crippen LogP contribution in [0.3, 0.4) is 0 Å². The molecule has 0 aliphatic carbocycles. The smallest absolute Gasteiger partial charge is 0.233 e. The summed E-state index contributed by atoms with van der Waals surface area (Å²) in [5, 5.41) is 0. The number of piperidine rings is 1. The quantitative estimate of drug-likeness (QED) is 0.671. The SMILES string of the molecule is O=[C]C(N1CCCCC1)N1CCCC1. The third-order valence-electron chi connectivity index (χ3n) is 3.33. The van der Waals surface area contributed by atoms with E-state index in [-0.39, 0.29) is 6.17 Å². The summed E-state index contributed by atoms with van der Waals surface area (Å²) in [6.45, 7) is 4.32. The van der Waals surface area contributed by atoms with Crippen LogP contribution < -0.4 is 0 Å². The van der Waals surface area contributed by atoms with Crippen LogP contribution in [0.5, 0.6) is 0 Å². The van der Waals surface area contributed by atoms with E-state index in [1.165, 1.54) is 32.1 Å². The van der Waals surface area contributed by atoms with E-state index in [4.69, 9.17) is 0 Å². The topological polar surface area (TPSA) is 23.6 Å². The van der Waals surface area contributed by atoms with Crippen molar-refractivity contribution in [2.75, 3.05) is 26.2 Å². The zero-order valence-corrected chi connectivity index (χ0v) is 8.74. The van der Waals surface area contributed by atoms with Gasteiger partial charge < -0.3 is 0 Å². The number of rotatable bonds is 3. The predicted octanol–water partition coefficient (Wildman–Crippen LogP) is 1.00. The lowest BCUT2D eigenvalue weighted by molar-refractivity contribution is 0.0883. The van der Waals surface area contributed by atoms with Crippen molar-refractivity contribution in [2.45, 2.75) is 38.3 Å². The molecule has 0 aromatic carbocycles. The molecule has 0 spiro atoms. The molecule has 0 N–H and O–H groups in total. The molecule has 1 atom stereocenters. The van der Waals surface area contributed by atoms with E-state index >= 15 is 0 Å². The van der Waals surface area contributed by atoms with Gasteiger partial charge in [-0.3, -0.25) is 14.6 Å². The number of hydrogen-bond acceptors (Lipinski definition) is 3. The molecule has 3 heteroatoms. The lowest BCUT2D eigenvalue weighted by atomic mass is 10.1. The Morgan fingerprint density at radius 2 is 1.21 bits per heavy atom. The summed E-state index contributed by atoms with van der Waals surface area (Å²) in [6.07, 6.45) is 8.46. The highest BCUT2D eigenvalue weighted by Crippen LogP contribution is 2.17. The summed E-state index contributed by atoms with van der Waals surface area (Å²) in [5.41, 5.74) is 0. The van der Waals surface area contributed by atoms with Gasteiger partial charge in [0.2, 0.25) is 6.29 Å². The van der Waals surface area contributed by atoms with Crippen LogP contribution in [-0.4, -0.2) is 48.4 Å². The fourth-order valence-corrected chi connectivity index (χ4v) is 2.53. The van der Waals surface area contributed by atoms with Crippen LogP contribution in [-0.2, 0) is 4.79 Å². The largest absolute Gasteiger partial charge is 0.287 e. The lowest BCUT2D eigenvalue weighted by Crippen LogP contribution is -2.50. The Kier molecular flexibility index (Phi) is 3.54. The van der Waals surface area contributed by atoms with Gasteiger partial charge in [-0.05, 0) is 25.7 Å². The summed E-state index contributed by atoms with van der Waals surface area (Å²) >= 11 is 0. The van der Waals surface area contributed by atoms with Gasteiger partial charge in [0.1, 0.15) is 6.17 Å². The average molecular weight is 195 g/mol. The van der Waals surface area contributed by atoms with Gasteiger partial charge in [-0.15, -0.1) is 0 Å². The minimum absolute atomic E-state index is 0.0437. The standard InChI is InChI=1S/C11H19N2O/c14-10-11(13-8-4-5-9-13)12-6-2-1-3-7-12/h11H,1-9H2. The number of carbonyl (C=O) groups excluding carboxylic acids is 1. The highest BCUT2D eigenvalue weighted by atomic mass is 16.1. The molecule has 14 heavy (non-hydrogen) atoms. The van der Waals surface area contributed by atoms with Crippen molar-refractivity contribution in [1.82, 2.24) is 9.80 Å². The van der Waals surface area contributed by atoms with Gasteiger partial charge in [0.15, 0.2) is 0 Å². The second-order valence-corrected chi connectivity index (χ2v) is 4.33. The Morgan fingerprint density at radius 3 is 1.64 bits per heavy atom. The van der Waals surface area contributed by atoms with E-state index in [2.05, 4.69) is 16.1 Å². The van der Waals surface area contributed by atoms with Gasteiger partial charge in [-0.25, -0.2) is 0 Å². The molecule has 2 rings (SSSR count). The molecule has 1 unspecified atom stereocenters. The molecule has 2 heterocycles. The van der Waals surface area contributed by atoms with Crippen molar-refractivity contribution in [3.8, 4) is 0 Å². The maximum atomic E-state index is 11.0. The first kappa shape index (κ1) is 10.1. The van der Waals surface area contributed by atoms with E-state index in [1.54, 1.807) is 0 Å². The summed E-state index contributed by atoms with van der Waals surface area (Å²) in [5.74, 6) is 0. The minimum Gasteiger partial charge on any atom is -0.287 e. The first-order valence-corrected chi connectivity index (χ1v) is 5.77. The number of nitrogens with zero attached hydrogens (tertiary/aromatic N) is 2. The van der Waals surface area contributed by atoms with Crippen molar-refractivity contribution in [3.05, 3.63) is 0 Å². The van der Waals surface area contributed by atoms with E-state index < -0.39 is 0 Å². The molecule has 0 bridgehead atoms. The zero-order valence-electron chi connectivity index (χ0n) is 8.74. The van der Waals surface area contributed by atoms with Crippen LogP contribution >= 0.6 is 0 Å². The van der Waals surface area contributed by atoms with Crippen LogP contribution in [0.15, 0.2) is 0 Å². The number of hydrogen-bond donors (Lipinski definition) is 0. The average Bonchev–Trinajstić information content (AvgIpc) is 2.74. The zero-order chi connectivity index (χ0) is 9.80. The number of likely N-dealkylation sites (tertiary alicyclic amines) is 2. The fourth-order valence-electron chi connectivity index (χ4n) is 2.53. The Bertz CT molecular complexity index is 184. The molecule has 79 valence electrons. The van der Waals surface area contributed by atoms with Gasteiger partial charge in [0.25, 0.3) is 0 Å². The van der Waals surface area contributed by atoms with Crippen molar-refractivity contribution in [1.29, 1.82) is 0 Å². The molecule has 2 aliphatic rings. The first-order valence-electron chi connectivity index (χ1n) is 5.77. The molecule has 3 nitrogen and oxygen atoms in total. The second-order valence-electron chi connectivity index (χ2n) is 4.33. The molecule has 1 radical (unpaired) electrons. The Balaban J connectivity index is 1.92. The van der Waals surface area contributed by atoms with E-state index in [0.717, 1.165) is 26.2 Å². The highest BCUT2D eigenvalue weighted by Gasteiger charge is 2.28. The molecule has 0 saturated carbocycles. The summed E-state index contributed by atoms with van der Waals surface area (Å²) in [6, 6.07) is 0. The lowest BCUT2D eigenvalue weighted by Gasteiger charge is -2.35. The Morgan fingerprint density at radius 1 is 0.786 bits per heavy atom. The summed E-state index contributed by atoms with van der Waals surface area (Å²) < 4.78 is 0. The fraction of sp³-hybridized carbons (Fsp3) is 0.909. The summed E-state index contributed by atoms with van der Waals surface area (Å²) in [7, 11) is 0. The van der Waals surface area contributed by atoms with Crippen molar-refractivity contribution >= 4 is 6.29 Å². The monoisotopic (exact) mass is 195 g/mol. The molecular weight excluding hydrogens is 176 g/mol. The van der Waals surface area contributed by atoms with Crippen molar-refractivity contribution < 1.29 is 4.79 Å². The molecule has 0 aromatic heterocycles. The van der Waals surface area contributed by atoms with Crippen LogP contribution in [0, 0.1) is 0 Å². The normalized spacial score (nSPS) is 27.7. The molecule has 2 fully saturated rings. The maximum absolute atomic E-state index is 11.0. The summed E-state index contributed by atoms with van der Waals surface area (Å²) in [4.78, 5) is 15.6. The van der Waals surface area contributed by atoms with Gasteiger partial charge in [0.05, 0.1) is 0 Å². The first-order chi connectivity index (χ1) is 6.92. The van der Waals surface area contributed by atoms with Gasteiger partial charge in [0, 0.05) is 26.2 Å². The Labute approximate surface area is 86.1 Å². The minimum atomic E-state index is -0.0437. The van der Waals surface area contributed by atoms with E-state index in [1.807, 2.05) is 0 Å². The highest BCUT2D eigenvalue weighted by molar-refractivity contribution is 5.58. The van der Waals surface area contributed by atoms with Crippen molar-refractivity contribution in [2.24, 2.45) is 0 Å². The molecule has 0 amide bonds. The third-order valence-corrected chi connectivity index (χ3v) is 3.33. The maximum Gasteiger partial charge on any atom is 0.233 e. The predicted molar refractivity (Wildman–Crippen MR) is 55.7 cm³/mol. The second kappa shape index (κ2) is 4.89. The van der Waals surface area contributed by atoms with Crippen LogP contribution in [0.2, 0.25) is 0 Å². The van der Waals surface area contributed by atoms with E-state index in [0.29, 0.717) is 0 Å². The van der Waals surface area contributed by atoms with Gasteiger partial charge >= 0.3 is 0 Å². The van der Waals surface area contributed by atoms with Crippen LogP contribution in [0.1, 0.15) is 32.1 Å². The molecular formula is C11H19N2O. The molecule has 2 saturated heterocycles. The van der Waals surface area contributed by atoms with Crippen molar-refractivity contribution in [3.63, 3.8) is 0 Å². The van der Waals surface area contributed by atoms with Gasteiger partial charge in [-0.1, -0.05) is 6.42 Å². The van der Waals surface area contributed by atoms with Crippen LogP contribution in [0.25, 0.3) is 0 Å². The molecule has 0 aromatic rings. The third kappa shape index (κ3) is 2.15. The van der Waals surface area contributed by atoms with E-state index in [9.17, 15) is 4.79 Å².